The van der Waals surface area contributed by atoms with Gasteiger partial charge in [0.1, 0.15) is 5.76 Å². The third-order valence-corrected chi connectivity index (χ3v) is 4.35. The van der Waals surface area contributed by atoms with Gasteiger partial charge in [-0.1, -0.05) is 12.1 Å². The van der Waals surface area contributed by atoms with Crippen LogP contribution in [0.4, 0.5) is 0 Å². The summed E-state index contributed by atoms with van der Waals surface area (Å²) in [6, 6.07) is 1.89. The molecule has 19 heavy (non-hydrogen) atoms. The quantitative estimate of drug-likeness (QED) is 0.889. The van der Waals surface area contributed by atoms with Crippen LogP contribution in [-0.4, -0.2) is 40.3 Å². The highest BCUT2D eigenvalue weighted by atomic mass is 16.5. The third kappa shape index (κ3) is 2.39. The Morgan fingerprint density at radius 2 is 2.32 bits per heavy atom. The number of aliphatic hydroxyl groups excluding tert-OH is 1. The van der Waals surface area contributed by atoms with Crippen molar-refractivity contribution in [3.05, 3.63) is 17.5 Å². The van der Waals surface area contributed by atoms with Crippen molar-refractivity contribution in [2.75, 3.05) is 13.1 Å². The second kappa shape index (κ2) is 4.34. The molecule has 0 radical (unpaired) electrons. The van der Waals surface area contributed by atoms with E-state index in [9.17, 15) is 9.90 Å². The fraction of sp³-hybridized carbons (Fsp3) is 0.714. The Balaban J connectivity index is 1.63. The van der Waals surface area contributed by atoms with Gasteiger partial charge in [-0.3, -0.25) is 4.79 Å². The van der Waals surface area contributed by atoms with Gasteiger partial charge in [0.25, 0.3) is 0 Å². The van der Waals surface area contributed by atoms with Crippen molar-refractivity contribution >= 4 is 5.91 Å². The van der Waals surface area contributed by atoms with E-state index in [1.807, 2.05) is 24.8 Å². The van der Waals surface area contributed by atoms with E-state index in [1.54, 1.807) is 0 Å². The molecule has 1 aromatic rings. The van der Waals surface area contributed by atoms with Crippen molar-refractivity contribution in [2.45, 2.75) is 39.2 Å². The zero-order valence-electron chi connectivity index (χ0n) is 11.4. The summed E-state index contributed by atoms with van der Waals surface area (Å²) < 4.78 is 5.19. The molecule has 0 unspecified atom stereocenters. The molecule has 2 heterocycles. The van der Waals surface area contributed by atoms with Gasteiger partial charge in [0, 0.05) is 36.9 Å². The predicted octanol–water partition coefficient (Wildman–Crippen LogP) is 1.14. The average molecular weight is 264 g/mol. The molecule has 0 bridgehead atoms. The van der Waals surface area contributed by atoms with E-state index in [1.165, 1.54) is 0 Å². The van der Waals surface area contributed by atoms with Gasteiger partial charge >= 0.3 is 0 Å². The summed E-state index contributed by atoms with van der Waals surface area (Å²) >= 11 is 0. The molecule has 104 valence electrons. The molecule has 1 saturated carbocycles. The minimum Gasteiger partial charge on any atom is -0.391 e. The van der Waals surface area contributed by atoms with Crippen LogP contribution >= 0.6 is 0 Å². The molecular formula is C14H20N2O3. The summed E-state index contributed by atoms with van der Waals surface area (Å²) in [4.78, 5) is 14.1. The molecule has 1 aromatic heterocycles. The lowest BCUT2D eigenvalue weighted by molar-refractivity contribution is -0.135. The van der Waals surface area contributed by atoms with Crippen LogP contribution in [0.2, 0.25) is 0 Å². The van der Waals surface area contributed by atoms with Crippen LogP contribution in [-0.2, 0) is 11.2 Å². The number of carbonyl (C=O) groups is 1. The van der Waals surface area contributed by atoms with Crippen molar-refractivity contribution in [1.29, 1.82) is 0 Å². The molecule has 2 atom stereocenters. The number of nitrogens with zero attached hydrogens (tertiary/aromatic N) is 2. The fourth-order valence-electron chi connectivity index (χ4n) is 2.77. The van der Waals surface area contributed by atoms with Crippen molar-refractivity contribution in [2.24, 2.45) is 11.3 Å². The van der Waals surface area contributed by atoms with E-state index in [2.05, 4.69) is 5.16 Å². The second-order valence-corrected chi connectivity index (χ2v) is 6.24. The number of aromatic nitrogens is 1. The van der Waals surface area contributed by atoms with E-state index in [0.29, 0.717) is 19.5 Å². The minimum absolute atomic E-state index is 0.0543. The molecule has 5 heteroatoms. The summed E-state index contributed by atoms with van der Waals surface area (Å²) in [6.45, 7) is 4.96. The normalized spacial score (nSPS) is 28.7. The maximum absolute atomic E-state index is 12.3. The number of rotatable bonds is 3. The zero-order chi connectivity index (χ0) is 13.6. The van der Waals surface area contributed by atoms with E-state index in [0.717, 1.165) is 24.3 Å². The van der Waals surface area contributed by atoms with E-state index >= 15 is 0 Å². The SMILES string of the molecule is Cc1cc(C[C@@H]2CN(C(=O)C3(C)CC3)C[C@@H]2O)on1. The highest BCUT2D eigenvalue weighted by Gasteiger charge is 2.49. The smallest absolute Gasteiger partial charge is 0.228 e. The first kappa shape index (κ1) is 12.7. The Kier molecular flexibility index (Phi) is 2.89. The van der Waals surface area contributed by atoms with Crippen molar-refractivity contribution < 1.29 is 14.4 Å². The van der Waals surface area contributed by atoms with Gasteiger partial charge in [-0.15, -0.1) is 0 Å². The molecule has 0 spiro atoms. The lowest BCUT2D eigenvalue weighted by Gasteiger charge is -2.19. The van der Waals surface area contributed by atoms with Gasteiger partial charge in [-0.2, -0.15) is 0 Å². The topological polar surface area (TPSA) is 66.6 Å². The van der Waals surface area contributed by atoms with Crippen molar-refractivity contribution in [1.82, 2.24) is 10.1 Å². The van der Waals surface area contributed by atoms with E-state index in [4.69, 9.17) is 4.52 Å². The van der Waals surface area contributed by atoms with Gasteiger partial charge in [0.15, 0.2) is 0 Å². The van der Waals surface area contributed by atoms with Crippen LogP contribution in [0.3, 0.4) is 0 Å². The van der Waals surface area contributed by atoms with Gasteiger partial charge < -0.3 is 14.5 Å². The molecule has 3 rings (SSSR count). The summed E-state index contributed by atoms with van der Waals surface area (Å²) in [5.41, 5.74) is 0.693. The maximum atomic E-state index is 12.3. The number of likely N-dealkylation sites (tertiary alicyclic amines) is 1. The molecule has 2 aliphatic rings. The standard InChI is InChI=1S/C14H20N2O3/c1-9-5-11(19-15-9)6-10-7-16(8-12(10)17)13(18)14(2)3-4-14/h5,10,12,17H,3-4,6-8H2,1-2H3/t10-,12+/m1/s1. The number of carbonyl (C=O) groups excluding carboxylic acids is 1. The van der Waals surface area contributed by atoms with Crippen molar-refractivity contribution in [3.63, 3.8) is 0 Å². The average Bonchev–Trinajstić information content (AvgIpc) is 2.82. The second-order valence-electron chi connectivity index (χ2n) is 6.24. The molecule has 2 fully saturated rings. The Hall–Kier alpha value is -1.36. The third-order valence-electron chi connectivity index (χ3n) is 4.35. The molecule has 1 aliphatic carbocycles. The first-order valence-corrected chi connectivity index (χ1v) is 6.87. The van der Waals surface area contributed by atoms with E-state index < -0.39 is 6.10 Å². The highest BCUT2D eigenvalue weighted by Crippen LogP contribution is 2.47. The molecule has 1 amide bonds. The Morgan fingerprint density at radius 1 is 1.58 bits per heavy atom. The Morgan fingerprint density at radius 3 is 2.89 bits per heavy atom. The van der Waals surface area contributed by atoms with Crippen LogP contribution in [0.1, 0.15) is 31.2 Å². The van der Waals surface area contributed by atoms with Crippen molar-refractivity contribution in [3.8, 4) is 0 Å². The molecule has 0 aromatic carbocycles. The number of aliphatic hydroxyl groups is 1. The highest BCUT2D eigenvalue weighted by molar-refractivity contribution is 5.85. The number of aryl methyl sites for hydroxylation is 1. The first-order chi connectivity index (χ1) is 8.98. The number of amides is 1. The zero-order valence-corrected chi connectivity index (χ0v) is 11.4. The molecular weight excluding hydrogens is 244 g/mol. The van der Waals surface area contributed by atoms with Gasteiger partial charge in [-0.25, -0.2) is 0 Å². The minimum atomic E-state index is -0.461. The maximum Gasteiger partial charge on any atom is 0.228 e. The molecule has 1 N–H and O–H groups in total. The summed E-state index contributed by atoms with van der Waals surface area (Å²) in [5.74, 6) is 1.04. The van der Waals surface area contributed by atoms with Gasteiger partial charge in [0.2, 0.25) is 5.91 Å². The van der Waals surface area contributed by atoms with Crippen LogP contribution in [0.25, 0.3) is 0 Å². The fourth-order valence-corrected chi connectivity index (χ4v) is 2.77. The number of β-amino-alcohol motifs (C(OH)–C–C–N with tert-alkyl or cyclic N) is 1. The summed E-state index contributed by atoms with van der Waals surface area (Å²) in [6.07, 6.45) is 2.13. The number of hydrogen-bond donors (Lipinski definition) is 1. The largest absolute Gasteiger partial charge is 0.391 e. The van der Waals surface area contributed by atoms with Crippen LogP contribution in [0.15, 0.2) is 10.6 Å². The molecule has 1 saturated heterocycles. The summed E-state index contributed by atoms with van der Waals surface area (Å²) in [5, 5.41) is 14.0. The lowest BCUT2D eigenvalue weighted by atomic mass is 10.0. The van der Waals surface area contributed by atoms with Crippen LogP contribution in [0, 0.1) is 18.3 Å². The molecule has 5 nitrogen and oxygen atoms in total. The van der Waals surface area contributed by atoms with Crippen LogP contribution in [0.5, 0.6) is 0 Å². The summed E-state index contributed by atoms with van der Waals surface area (Å²) in [7, 11) is 0. The predicted molar refractivity (Wildman–Crippen MR) is 68.4 cm³/mol. The number of hydrogen-bond acceptors (Lipinski definition) is 4. The van der Waals surface area contributed by atoms with Gasteiger partial charge in [-0.05, 0) is 19.8 Å². The first-order valence-electron chi connectivity index (χ1n) is 6.87. The van der Waals surface area contributed by atoms with E-state index in [-0.39, 0.29) is 17.2 Å². The van der Waals surface area contributed by atoms with Gasteiger partial charge in [0.05, 0.1) is 11.8 Å². The van der Waals surface area contributed by atoms with Crippen LogP contribution < -0.4 is 0 Å². The monoisotopic (exact) mass is 264 g/mol. The Labute approximate surface area is 112 Å². The lowest BCUT2D eigenvalue weighted by Crippen LogP contribution is -2.35. The molecule has 1 aliphatic heterocycles. The Bertz CT molecular complexity index is 493.